The minimum atomic E-state index is -4.28. The molecular formula is C53H102NO7P. The monoisotopic (exact) mass is 896 g/mol. The fraction of sp³-hybridized carbons (Fsp3) is 0.868. The van der Waals surface area contributed by atoms with Crippen molar-refractivity contribution in [2.45, 2.75) is 264 Å². The summed E-state index contributed by atoms with van der Waals surface area (Å²) in [5, 5.41) is 0. The number of unbranched alkanes of at least 4 members (excludes halogenated alkanes) is 32. The van der Waals surface area contributed by atoms with Crippen LogP contribution in [-0.2, 0) is 27.9 Å². The lowest BCUT2D eigenvalue weighted by Crippen LogP contribution is -2.28. The minimum absolute atomic E-state index is 0.0956. The molecule has 0 saturated carbocycles. The van der Waals surface area contributed by atoms with Gasteiger partial charge in [-0.2, -0.15) is 0 Å². The number of ether oxygens (including phenoxy) is 2. The highest BCUT2D eigenvalue weighted by atomic mass is 31.2. The Morgan fingerprint density at radius 3 is 1.31 bits per heavy atom. The number of carbonyl (C=O) groups is 1. The molecule has 0 aromatic rings. The van der Waals surface area contributed by atoms with Crippen LogP contribution in [0.3, 0.4) is 0 Å². The number of allylic oxidation sites excluding steroid dienone is 6. The maximum Gasteiger partial charge on any atom is 0.472 e. The molecule has 0 aromatic heterocycles. The number of nitrogens with two attached hydrogens (primary N) is 1. The average molecular weight is 896 g/mol. The predicted molar refractivity (Wildman–Crippen MR) is 266 cm³/mol. The van der Waals surface area contributed by atoms with Crippen molar-refractivity contribution in [1.29, 1.82) is 0 Å². The van der Waals surface area contributed by atoms with Crippen LogP contribution in [0.25, 0.3) is 0 Å². The summed E-state index contributed by atoms with van der Waals surface area (Å²) >= 11 is 0. The zero-order valence-corrected chi connectivity index (χ0v) is 41.8. The molecule has 0 aliphatic heterocycles. The Kier molecular flexibility index (Phi) is 49.7. The van der Waals surface area contributed by atoms with Gasteiger partial charge in [0.2, 0.25) is 0 Å². The first-order valence-corrected chi connectivity index (χ1v) is 28.0. The first kappa shape index (κ1) is 60.7. The summed E-state index contributed by atoms with van der Waals surface area (Å²) in [5.74, 6) is -0.331. The van der Waals surface area contributed by atoms with Crippen molar-refractivity contribution < 1.29 is 32.8 Å². The van der Waals surface area contributed by atoms with E-state index in [-0.39, 0.29) is 32.3 Å². The van der Waals surface area contributed by atoms with Crippen molar-refractivity contribution in [3.63, 3.8) is 0 Å². The molecule has 0 radical (unpaired) electrons. The minimum Gasteiger partial charge on any atom is -0.457 e. The molecule has 2 atom stereocenters. The van der Waals surface area contributed by atoms with Gasteiger partial charge in [-0.3, -0.25) is 13.8 Å². The van der Waals surface area contributed by atoms with E-state index in [9.17, 15) is 14.3 Å². The normalized spacial score (nSPS) is 13.5. The maximum absolute atomic E-state index is 12.7. The summed E-state index contributed by atoms with van der Waals surface area (Å²) in [4.78, 5) is 22.6. The second-order valence-electron chi connectivity index (χ2n) is 17.7. The first-order valence-electron chi connectivity index (χ1n) is 26.5. The van der Waals surface area contributed by atoms with E-state index < -0.39 is 13.9 Å². The van der Waals surface area contributed by atoms with Gasteiger partial charge < -0.3 is 20.1 Å². The third-order valence-corrected chi connectivity index (χ3v) is 12.5. The molecule has 0 aromatic carbocycles. The number of phosphoric ester groups is 1. The molecular weight excluding hydrogens is 794 g/mol. The summed E-state index contributed by atoms with van der Waals surface area (Å²) in [5.41, 5.74) is 5.39. The van der Waals surface area contributed by atoms with Crippen LogP contribution >= 0.6 is 7.82 Å². The molecule has 0 aliphatic carbocycles. The number of esters is 1. The Hall–Kier alpha value is -1.28. The molecule has 0 spiro atoms. The molecule has 8 nitrogen and oxygen atoms in total. The molecule has 2 unspecified atom stereocenters. The van der Waals surface area contributed by atoms with Crippen molar-refractivity contribution in [2.24, 2.45) is 5.73 Å². The van der Waals surface area contributed by atoms with Crippen LogP contribution in [0.1, 0.15) is 258 Å². The van der Waals surface area contributed by atoms with Gasteiger partial charge in [0, 0.05) is 19.6 Å². The number of hydrogen-bond acceptors (Lipinski definition) is 7. The fourth-order valence-electron chi connectivity index (χ4n) is 7.61. The van der Waals surface area contributed by atoms with E-state index in [4.69, 9.17) is 24.3 Å². The molecule has 0 amide bonds. The van der Waals surface area contributed by atoms with E-state index in [1.807, 2.05) is 0 Å². The third kappa shape index (κ3) is 49.7. The third-order valence-electron chi connectivity index (χ3n) is 11.5. The highest BCUT2D eigenvalue weighted by molar-refractivity contribution is 7.47. The highest BCUT2D eigenvalue weighted by Gasteiger charge is 2.25. The molecule has 0 bridgehead atoms. The van der Waals surface area contributed by atoms with E-state index in [0.717, 1.165) is 38.5 Å². The van der Waals surface area contributed by atoms with E-state index in [1.54, 1.807) is 0 Å². The standard InChI is InChI=1S/C53H102NO7P/c1-3-5-7-9-11-13-15-17-19-21-23-24-25-26-27-29-31-33-35-37-39-41-43-45-48-58-50-52(51-60-62(56,57)59-49-47-54)61-53(55)46-44-42-40-38-36-34-32-30-28-22-20-18-16-14-12-10-8-6-4-2/h12,14,18,20-21,23,52H,3-11,13,15-17,19,22,24-51,54H2,1-2H3,(H,56,57)/b14-12-,20-18-,23-21-. The molecule has 0 aliphatic rings. The fourth-order valence-corrected chi connectivity index (χ4v) is 8.38. The topological polar surface area (TPSA) is 117 Å². The molecule has 62 heavy (non-hydrogen) atoms. The summed E-state index contributed by atoms with van der Waals surface area (Å²) in [6.45, 7) is 4.93. The van der Waals surface area contributed by atoms with Crippen LogP contribution in [0.5, 0.6) is 0 Å². The van der Waals surface area contributed by atoms with Crippen LogP contribution in [0.15, 0.2) is 36.5 Å². The summed E-state index contributed by atoms with van der Waals surface area (Å²) in [7, 11) is -4.28. The quantitative estimate of drug-likeness (QED) is 0.0268. The Balaban J connectivity index is 3.90. The van der Waals surface area contributed by atoms with Gasteiger partial charge in [-0.15, -0.1) is 0 Å². The smallest absolute Gasteiger partial charge is 0.457 e. The molecule has 0 saturated heterocycles. The first-order chi connectivity index (χ1) is 30.4. The highest BCUT2D eigenvalue weighted by Crippen LogP contribution is 2.43. The second kappa shape index (κ2) is 50.7. The summed E-state index contributed by atoms with van der Waals surface area (Å²) in [6.07, 6.45) is 60.4. The lowest BCUT2D eigenvalue weighted by Gasteiger charge is -2.20. The van der Waals surface area contributed by atoms with Crippen molar-refractivity contribution in [3.05, 3.63) is 36.5 Å². The van der Waals surface area contributed by atoms with Crippen molar-refractivity contribution in [3.8, 4) is 0 Å². The van der Waals surface area contributed by atoms with Gasteiger partial charge in [0.15, 0.2) is 0 Å². The zero-order valence-electron chi connectivity index (χ0n) is 40.9. The average Bonchev–Trinajstić information content (AvgIpc) is 3.26. The van der Waals surface area contributed by atoms with Gasteiger partial charge in [0.1, 0.15) is 6.10 Å². The second-order valence-corrected chi connectivity index (χ2v) is 19.2. The zero-order chi connectivity index (χ0) is 45.1. The SMILES string of the molecule is CCCCC/C=C\C/C=C\CCCCCCCCCCCC(=O)OC(COCCCCCCCCCCCCCC/C=C\CCCCCCCCCC)COP(=O)(O)OCCN. The molecule has 0 fully saturated rings. The number of carbonyl (C=O) groups excluding carboxylic acids is 1. The van der Waals surface area contributed by atoms with Gasteiger partial charge >= 0.3 is 13.8 Å². The van der Waals surface area contributed by atoms with Gasteiger partial charge in [-0.1, -0.05) is 217 Å². The van der Waals surface area contributed by atoms with Gasteiger partial charge in [-0.25, -0.2) is 4.57 Å². The lowest BCUT2D eigenvalue weighted by atomic mass is 10.0. The van der Waals surface area contributed by atoms with E-state index in [1.165, 1.54) is 199 Å². The molecule has 0 rings (SSSR count). The van der Waals surface area contributed by atoms with Crippen LogP contribution in [-0.4, -0.2) is 49.9 Å². The van der Waals surface area contributed by atoms with Crippen LogP contribution in [0.4, 0.5) is 0 Å². The van der Waals surface area contributed by atoms with Gasteiger partial charge in [-0.05, 0) is 70.6 Å². The van der Waals surface area contributed by atoms with E-state index >= 15 is 0 Å². The van der Waals surface area contributed by atoms with Crippen LogP contribution in [0.2, 0.25) is 0 Å². The van der Waals surface area contributed by atoms with E-state index in [0.29, 0.717) is 13.0 Å². The molecule has 0 heterocycles. The van der Waals surface area contributed by atoms with Gasteiger partial charge in [0.25, 0.3) is 0 Å². The van der Waals surface area contributed by atoms with Crippen molar-refractivity contribution in [2.75, 3.05) is 33.0 Å². The number of hydrogen-bond donors (Lipinski definition) is 2. The lowest BCUT2D eigenvalue weighted by molar-refractivity contribution is -0.154. The Morgan fingerprint density at radius 2 is 0.855 bits per heavy atom. The molecule has 3 N–H and O–H groups in total. The van der Waals surface area contributed by atoms with Crippen LogP contribution < -0.4 is 5.73 Å². The molecule has 366 valence electrons. The maximum atomic E-state index is 12.7. The molecule has 9 heteroatoms. The number of rotatable bonds is 51. The van der Waals surface area contributed by atoms with Crippen molar-refractivity contribution >= 4 is 13.8 Å². The van der Waals surface area contributed by atoms with E-state index in [2.05, 4.69) is 50.3 Å². The predicted octanol–water partition coefficient (Wildman–Crippen LogP) is 16.5. The Labute approximate surface area is 384 Å². The number of phosphoric acid groups is 1. The van der Waals surface area contributed by atoms with Crippen LogP contribution in [0, 0.1) is 0 Å². The summed E-state index contributed by atoms with van der Waals surface area (Å²) < 4.78 is 33.6. The summed E-state index contributed by atoms with van der Waals surface area (Å²) in [6, 6.07) is 0. The van der Waals surface area contributed by atoms with Gasteiger partial charge in [0.05, 0.1) is 19.8 Å². The largest absolute Gasteiger partial charge is 0.472 e. The Bertz CT molecular complexity index is 1050. The Morgan fingerprint density at radius 1 is 0.484 bits per heavy atom. The van der Waals surface area contributed by atoms with Crippen molar-refractivity contribution in [1.82, 2.24) is 0 Å².